The molecule has 2 aromatic carbocycles. The maximum absolute atomic E-state index is 5.39. The second-order valence-electron chi connectivity index (χ2n) is 14.3. The number of rotatable bonds is 8. The highest BCUT2D eigenvalue weighted by atomic mass is 14.8. The van der Waals surface area contributed by atoms with Crippen molar-refractivity contribution in [3.63, 3.8) is 0 Å². The predicted octanol–water partition coefficient (Wildman–Crippen LogP) is 13.0. The molecule has 0 unspecified atom stereocenters. The van der Waals surface area contributed by atoms with E-state index in [0.29, 0.717) is 0 Å². The molecule has 6 heterocycles. The molecule has 0 atom stereocenters. The molecule has 2 aliphatic rings. The van der Waals surface area contributed by atoms with Gasteiger partial charge in [0.2, 0.25) is 0 Å². The molecule has 0 spiro atoms. The molecule has 6 aromatic rings. The van der Waals surface area contributed by atoms with Crippen LogP contribution in [0.4, 0.5) is 0 Å². The van der Waals surface area contributed by atoms with Crippen molar-refractivity contribution >= 4 is 76.9 Å². The molecule has 0 saturated heterocycles. The zero-order valence-corrected chi connectivity index (χ0v) is 31.0. The SMILES string of the molecule is CCCCC1=C(C)c2cc3[nH]c(c4ccccc34)c3[nH]c(cc4nc(cc5[nH]c(cc1n2)c(CC)c5CC)C(CCCC)=C4C)c1ccccc13. The van der Waals surface area contributed by atoms with Gasteiger partial charge in [0, 0.05) is 43.6 Å². The monoisotopic (exact) mass is 671 g/mol. The third kappa shape index (κ3) is 5.64. The molecule has 10 bridgehead atoms. The lowest BCUT2D eigenvalue weighted by Crippen LogP contribution is -1.88. The van der Waals surface area contributed by atoms with E-state index in [4.69, 9.17) is 9.97 Å². The Morgan fingerprint density at radius 1 is 0.471 bits per heavy atom. The highest BCUT2D eigenvalue weighted by Gasteiger charge is 2.20. The molecule has 0 radical (unpaired) electrons. The largest absolute Gasteiger partial charge is 0.355 e. The normalized spacial score (nSPS) is 13.4. The third-order valence-corrected chi connectivity index (χ3v) is 11.2. The van der Waals surface area contributed by atoms with Gasteiger partial charge in [-0.2, -0.15) is 0 Å². The van der Waals surface area contributed by atoms with Crippen molar-refractivity contribution in [2.24, 2.45) is 0 Å². The molecular formula is C46H49N5. The number of aromatic nitrogens is 5. The first-order valence-corrected chi connectivity index (χ1v) is 19.1. The van der Waals surface area contributed by atoms with Crippen LogP contribution in [0.5, 0.6) is 0 Å². The average Bonchev–Trinajstić information content (AvgIpc) is 3.92. The fraction of sp³-hybridized carbons (Fsp3) is 0.304. The number of fused-ring (bicyclic) bond motifs is 17. The minimum atomic E-state index is 0.955. The molecule has 8 rings (SSSR count). The van der Waals surface area contributed by atoms with E-state index in [0.717, 1.165) is 96.2 Å². The lowest BCUT2D eigenvalue weighted by molar-refractivity contribution is 0.824. The van der Waals surface area contributed by atoms with Gasteiger partial charge in [-0.15, -0.1) is 0 Å². The van der Waals surface area contributed by atoms with Crippen LogP contribution in [0.1, 0.15) is 114 Å². The summed E-state index contributed by atoms with van der Waals surface area (Å²) in [5.41, 5.74) is 18.9. The second kappa shape index (κ2) is 13.5. The van der Waals surface area contributed by atoms with E-state index in [1.807, 2.05) is 0 Å². The Hall–Kier alpha value is -5.16. The number of aryl methyl sites for hydroxylation is 2. The lowest BCUT2D eigenvalue weighted by Gasteiger charge is -2.04. The molecule has 5 nitrogen and oxygen atoms in total. The standard InChI is InChI=1S/C46H49N5/c1-7-11-17-31-27(5)37-23-43-33-19-13-15-21-35(33)45(50-43)46-36-22-16-14-20-34(36)44(51-46)24-38-28(6)32(18-12-8-2)42(48-38)26-40-30(10-4)29(9-3)39(49-40)25-41(31)47-37/h13-16,19-26,49-51H,7-12,17-18H2,1-6H3. The Balaban J connectivity index is 1.57. The highest BCUT2D eigenvalue weighted by Crippen LogP contribution is 2.39. The topological polar surface area (TPSA) is 73.2 Å². The van der Waals surface area contributed by atoms with Gasteiger partial charge >= 0.3 is 0 Å². The minimum Gasteiger partial charge on any atom is -0.355 e. The van der Waals surface area contributed by atoms with Crippen LogP contribution in [0, 0.1) is 0 Å². The van der Waals surface area contributed by atoms with E-state index in [1.54, 1.807) is 0 Å². The zero-order valence-electron chi connectivity index (χ0n) is 31.0. The molecular weight excluding hydrogens is 623 g/mol. The summed E-state index contributed by atoms with van der Waals surface area (Å²) in [5.74, 6) is 0. The van der Waals surface area contributed by atoms with Crippen molar-refractivity contribution in [2.45, 2.75) is 92.9 Å². The fourth-order valence-corrected chi connectivity index (χ4v) is 8.37. The Labute approximate surface area is 300 Å². The Morgan fingerprint density at radius 2 is 0.863 bits per heavy atom. The van der Waals surface area contributed by atoms with Gasteiger partial charge in [-0.3, -0.25) is 0 Å². The Bertz CT molecular complexity index is 2420. The Kier molecular flexibility index (Phi) is 8.75. The number of allylic oxidation sites excluding steroid dienone is 4. The zero-order chi connectivity index (χ0) is 35.2. The van der Waals surface area contributed by atoms with Crippen molar-refractivity contribution in [1.29, 1.82) is 0 Å². The van der Waals surface area contributed by atoms with Crippen molar-refractivity contribution in [3.05, 3.63) is 107 Å². The number of unbranched alkanes of at least 4 members (excludes halogenated alkanes) is 2. The summed E-state index contributed by atoms with van der Waals surface area (Å²) in [5, 5.41) is 4.77. The predicted molar refractivity (Wildman–Crippen MR) is 219 cm³/mol. The van der Waals surface area contributed by atoms with E-state index >= 15 is 0 Å². The van der Waals surface area contributed by atoms with Gasteiger partial charge in [-0.1, -0.05) is 89.1 Å². The number of aromatic amines is 3. The van der Waals surface area contributed by atoms with E-state index in [1.165, 1.54) is 66.0 Å². The summed E-state index contributed by atoms with van der Waals surface area (Å²) >= 11 is 0. The molecule has 258 valence electrons. The number of hydrogen-bond donors (Lipinski definition) is 3. The average molecular weight is 672 g/mol. The van der Waals surface area contributed by atoms with Crippen molar-refractivity contribution in [1.82, 2.24) is 24.9 Å². The first kappa shape index (κ1) is 33.0. The molecule has 3 N–H and O–H groups in total. The lowest BCUT2D eigenvalue weighted by atomic mass is 9.99. The summed E-state index contributed by atoms with van der Waals surface area (Å²) in [6.07, 6.45) is 8.51. The smallest absolute Gasteiger partial charge is 0.0710 e. The minimum absolute atomic E-state index is 0.955. The van der Waals surface area contributed by atoms with Crippen LogP contribution in [0.3, 0.4) is 0 Å². The van der Waals surface area contributed by atoms with Gasteiger partial charge in [-0.25, -0.2) is 9.97 Å². The van der Waals surface area contributed by atoms with Crippen molar-refractivity contribution < 1.29 is 0 Å². The summed E-state index contributed by atoms with van der Waals surface area (Å²) in [6.45, 7) is 13.6. The van der Waals surface area contributed by atoms with Crippen LogP contribution in [0.25, 0.3) is 76.9 Å². The van der Waals surface area contributed by atoms with Gasteiger partial charge in [0.15, 0.2) is 0 Å². The highest BCUT2D eigenvalue weighted by molar-refractivity contribution is 6.20. The van der Waals surface area contributed by atoms with Gasteiger partial charge in [-0.05, 0) is 110 Å². The first-order chi connectivity index (χ1) is 24.9. The Morgan fingerprint density at radius 3 is 1.25 bits per heavy atom. The van der Waals surface area contributed by atoms with Crippen LogP contribution in [0.15, 0.2) is 72.8 Å². The fourth-order valence-electron chi connectivity index (χ4n) is 8.37. The van der Waals surface area contributed by atoms with E-state index in [-0.39, 0.29) is 0 Å². The molecule has 0 fully saturated rings. The molecule has 0 amide bonds. The molecule has 0 saturated carbocycles. The summed E-state index contributed by atoms with van der Waals surface area (Å²) < 4.78 is 0. The first-order valence-electron chi connectivity index (χ1n) is 19.1. The van der Waals surface area contributed by atoms with E-state index in [9.17, 15) is 0 Å². The van der Waals surface area contributed by atoms with Crippen LogP contribution in [-0.2, 0) is 12.8 Å². The quantitative estimate of drug-likeness (QED) is 0.151. The number of hydrogen-bond acceptors (Lipinski definition) is 2. The van der Waals surface area contributed by atoms with Gasteiger partial charge < -0.3 is 15.0 Å². The molecule has 4 aromatic heterocycles. The van der Waals surface area contributed by atoms with Gasteiger partial charge in [0.1, 0.15) is 0 Å². The molecule has 2 aliphatic heterocycles. The van der Waals surface area contributed by atoms with Crippen molar-refractivity contribution in [2.75, 3.05) is 0 Å². The molecule has 51 heavy (non-hydrogen) atoms. The summed E-state index contributed by atoms with van der Waals surface area (Å²) in [7, 11) is 0. The third-order valence-electron chi connectivity index (χ3n) is 11.2. The summed E-state index contributed by atoms with van der Waals surface area (Å²) in [6, 6.07) is 26.6. The van der Waals surface area contributed by atoms with Crippen LogP contribution in [-0.4, -0.2) is 24.9 Å². The number of nitrogens with zero attached hydrogens (tertiary/aromatic N) is 2. The number of benzene rings is 2. The van der Waals surface area contributed by atoms with Gasteiger partial charge in [0.05, 0.1) is 33.8 Å². The maximum Gasteiger partial charge on any atom is 0.0710 e. The van der Waals surface area contributed by atoms with E-state index in [2.05, 4.69) is 129 Å². The number of H-pyrrole nitrogens is 3. The second-order valence-corrected chi connectivity index (χ2v) is 14.3. The number of nitrogens with one attached hydrogen (secondary N) is 3. The van der Waals surface area contributed by atoms with Gasteiger partial charge in [0.25, 0.3) is 0 Å². The van der Waals surface area contributed by atoms with Crippen LogP contribution >= 0.6 is 0 Å². The summed E-state index contributed by atoms with van der Waals surface area (Å²) in [4.78, 5) is 22.4. The van der Waals surface area contributed by atoms with Crippen molar-refractivity contribution in [3.8, 4) is 0 Å². The molecule has 0 aliphatic carbocycles. The van der Waals surface area contributed by atoms with Crippen LogP contribution < -0.4 is 0 Å². The van der Waals surface area contributed by atoms with Crippen LogP contribution in [0.2, 0.25) is 0 Å². The molecule has 5 heteroatoms. The van der Waals surface area contributed by atoms with E-state index < -0.39 is 0 Å². The maximum atomic E-state index is 5.39.